The predicted octanol–water partition coefficient (Wildman–Crippen LogP) is 1.97. The highest BCUT2D eigenvalue weighted by Gasteiger charge is 2.13. The maximum Gasteiger partial charge on any atom is 0.262 e. The van der Waals surface area contributed by atoms with E-state index in [0.29, 0.717) is 34.2 Å². The summed E-state index contributed by atoms with van der Waals surface area (Å²) in [7, 11) is 0. The van der Waals surface area contributed by atoms with Crippen LogP contribution in [0, 0.1) is 0 Å². The van der Waals surface area contributed by atoms with Crippen LogP contribution in [0.25, 0.3) is 10.9 Å². The van der Waals surface area contributed by atoms with Crippen LogP contribution in [0.5, 0.6) is 0 Å². The third-order valence-corrected chi connectivity index (χ3v) is 5.04. The van der Waals surface area contributed by atoms with Gasteiger partial charge in [-0.2, -0.15) is 0 Å². The van der Waals surface area contributed by atoms with E-state index in [2.05, 4.69) is 15.3 Å². The Labute approximate surface area is 151 Å². The summed E-state index contributed by atoms with van der Waals surface area (Å²) in [6.07, 6.45) is 2.06. The highest BCUT2D eigenvalue weighted by Crippen LogP contribution is 2.19. The molecule has 0 saturated carbocycles. The summed E-state index contributed by atoms with van der Waals surface area (Å²) in [6.45, 7) is 0.331. The topological polar surface area (TPSA) is 97.1 Å². The molecule has 2 aromatic heterocycles. The number of rotatable bonds is 7. The fourth-order valence-corrected chi connectivity index (χ4v) is 3.62. The van der Waals surface area contributed by atoms with Crippen molar-refractivity contribution < 1.29 is 9.90 Å². The van der Waals surface area contributed by atoms with Gasteiger partial charge in [0.25, 0.3) is 5.56 Å². The lowest BCUT2D eigenvalue weighted by atomic mass is 10.2. The van der Waals surface area contributed by atoms with Crippen molar-refractivity contribution in [2.24, 2.45) is 0 Å². The van der Waals surface area contributed by atoms with Crippen LogP contribution >= 0.6 is 23.1 Å². The second-order valence-corrected chi connectivity index (χ2v) is 6.96. The molecular formula is C16H16N4O3S2. The molecule has 1 amide bonds. The number of amides is 1. The first-order chi connectivity index (χ1) is 12.2. The van der Waals surface area contributed by atoms with E-state index >= 15 is 0 Å². The van der Waals surface area contributed by atoms with Gasteiger partial charge >= 0.3 is 0 Å². The number of para-hydroxylation sites is 1. The Morgan fingerprint density at radius 3 is 2.96 bits per heavy atom. The minimum absolute atomic E-state index is 0.0199. The van der Waals surface area contributed by atoms with Crippen molar-refractivity contribution >= 4 is 45.0 Å². The van der Waals surface area contributed by atoms with Gasteiger partial charge in [0.2, 0.25) is 5.91 Å². The Morgan fingerprint density at radius 1 is 1.36 bits per heavy atom. The van der Waals surface area contributed by atoms with Crippen LogP contribution < -0.4 is 10.9 Å². The number of carbonyl (C=O) groups is 1. The molecule has 0 aliphatic rings. The van der Waals surface area contributed by atoms with Crippen LogP contribution in [0.1, 0.15) is 6.42 Å². The second-order valence-electron chi connectivity index (χ2n) is 5.12. The number of nitrogens with one attached hydrogen (secondary N) is 1. The molecule has 7 nitrogen and oxygen atoms in total. The van der Waals surface area contributed by atoms with E-state index in [-0.39, 0.29) is 23.8 Å². The highest BCUT2D eigenvalue weighted by molar-refractivity contribution is 7.99. The van der Waals surface area contributed by atoms with E-state index in [9.17, 15) is 9.59 Å². The van der Waals surface area contributed by atoms with E-state index in [1.54, 1.807) is 29.8 Å². The standard InChI is InChI=1S/C16H16N4O3S2/c21-8-3-7-20-14(23)11-4-1-2-5-12(11)18-16(20)25-10-13(22)19-15-17-6-9-24-15/h1-2,4-6,9,21H,3,7-8,10H2,(H,17,19,22). The summed E-state index contributed by atoms with van der Waals surface area (Å²) in [5, 5.41) is 15.1. The number of aliphatic hydroxyl groups is 1. The molecule has 130 valence electrons. The second kappa shape index (κ2) is 8.24. The lowest BCUT2D eigenvalue weighted by Gasteiger charge is -2.12. The Kier molecular flexibility index (Phi) is 5.79. The molecule has 9 heteroatoms. The largest absolute Gasteiger partial charge is 0.396 e. The zero-order valence-corrected chi connectivity index (χ0v) is 14.8. The summed E-state index contributed by atoms with van der Waals surface area (Å²) >= 11 is 2.53. The highest BCUT2D eigenvalue weighted by atomic mass is 32.2. The van der Waals surface area contributed by atoms with E-state index < -0.39 is 0 Å². The minimum atomic E-state index is -0.212. The van der Waals surface area contributed by atoms with Crippen LogP contribution in [-0.4, -0.2) is 37.9 Å². The van der Waals surface area contributed by atoms with Crippen LogP contribution in [0.15, 0.2) is 45.8 Å². The number of nitrogens with zero attached hydrogens (tertiary/aromatic N) is 3. The average molecular weight is 376 g/mol. The summed E-state index contributed by atoms with van der Waals surface area (Å²) in [5.74, 6) is -0.0974. The molecule has 2 N–H and O–H groups in total. The molecule has 3 aromatic rings. The fraction of sp³-hybridized carbons (Fsp3) is 0.250. The third kappa shape index (κ3) is 4.25. The van der Waals surface area contributed by atoms with Crippen LogP contribution in [-0.2, 0) is 11.3 Å². The van der Waals surface area contributed by atoms with Gasteiger partial charge in [0, 0.05) is 24.7 Å². The summed E-state index contributed by atoms with van der Waals surface area (Å²) in [6, 6.07) is 7.10. The molecule has 0 saturated heterocycles. The van der Waals surface area contributed by atoms with E-state index in [1.807, 2.05) is 6.07 Å². The molecule has 0 unspecified atom stereocenters. The van der Waals surface area contributed by atoms with Crippen molar-refractivity contribution in [1.29, 1.82) is 0 Å². The SMILES string of the molecule is O=C(CSc1nc2ccccc2c(=O)n1CCCO)Nc1nccs1. The summed E-state index contributed by atoms with van der Waals surface area (Å²) in [5.41, 5.74) is 0.428. The molecule has 0 fully saturated rings. The number of carbonyl (C=O) groups excluding carboxylic acids is 1. The monoisotopic (exact) mass is 376 g/mol. The maximum atomic E-state index is 12.7. The van der Waals surface area contributed by atoms with Gasteiger partial charge < -0.3 is 10.4 Å². The van der Waals surface area contributed by atoms with Gasteiger partial charge in [0.05, 0.1) is 16.7 Å². The Morgan fingerprint density at radius 2 is 2.20 bits per heavy atom. The Bertz CT molecular complexity index is 925. The third-order valence-electron chi connectivity index (χ3n) is 3.38. The van der Waals surface area contributed by atoms with Gasteiger partial charge in [-0.15, -0.1) is 11.3 Å². The average Bonchev–Trinajstić information content (AvgIpc) is 3.12. The smallest absolute Gasteiger partial charge is 0.262 e. The van der Waals surface area contributed by atoms with Gasteiger partial charge in [0.15, 0.2) is 10.3 Å². The van der Waals surface area contributed by atoms with Crippen LogP contribution in [0.2, 0.25) is 0 Å². The molecular weight excluding hydrogens is 360 g/mol. The van der Waals surface area contributed by atoms with Gasteiger partial charge in [-0.05, 0) is 18.6 Å². The molecule has 0 radical (unpaired) electrons. The molecule has 2 heterocycles. The van der Waals surface area contributed by atoms with Crippen molar-refractivity contribution in [3.8, 4) is 0 Å². The van der Waals surface area contributed by atoms with Crippen LogP contribution in [0.3, 0.4) is 0 Å². The summed E-state index contributed by atoms with van der Waals surface area (Å²) < 4.78 is 1.51. The maximum absolute atomic E-state index is 12.7. The first kappa shape index (κ1) is 17.6. The fourth-order valence-electron chi connectivity index (χ4n) is 2.25. The molecule has 25 heavy (non-hydrogen) atoms. The zero-order valence-electron chi connectivity index (χ0n) is 13.2. The minimum Gasteiger partial charge on any atom is -0.396 e. The molecule has 0 atom stereocenters. The van der Waals surface area contributed by atoms with E-state index in [4.69, 9.17) is 5.11 Å². The number of thioether (sulfide) groups is 1. The first-order valence-corrected chi connectivity index (χ1v) is 9.48. The predicted molar refractivity (Wildman–Crippen MR) is 99.2 cm³/mol. The number of hydrogen-bond acceptors (Lipinski definition) is 7. The van der Waals surface area contributed by atoms with Gasteiger partial charge in [-0.1, -0.05) is 23.9 Å². The lowest BCUT2D eigenvalue weighted by Crippen LogP contribution is -2.24. The normalized spacial score (nSPS) is 10.9. The van der Waals surface area contributed by atoms with Gasteiger partial charge in [-0.3, -0.25) is 14.2 Å². The first-order valence-electron chi connectivity index (χ1n) is 7.61. The number of aliphatic hydroxyl groups excluding tert-OH is 1. The number of anilines is 1. The molecule has 0 aliphatic heterocycles. The van der Waals surface area contributed by atoms with Crippen molar-refractivity contribution in [1.82, 2.24) is 14.5 Å². The number of fused-ring (bicyclic) bond motifs is 1. The lowest BCUT2D eigenvalue weighted by molar-refractivity contribution is -0.113. The van der Waals surface area contributed by atoms with E-state index in [0.717, 1.165) is 0 Å². The quantitative estimate of drug-likeness (QED) is 0.483. The number of hydrogen-bond donors (Lipinski definition) is 2. The van der Waals surface area contributed by atoms with Crippen molar-refractivity contribution in [2.45, 2.75) is 18.1 Å². The molecule has 3 rings (SSSR count). The van der Waals surface area contributed by atoms with Gasteiger partial charge in [-0.25, -0.2) is 9.97 Å². The zero-order chi connectivity index (χ0) is 17.6. The molecule has 0 spiro atoms. The summed E-state index contributed by atoms with van der Waals surface area (Å²) in [4.78, 5) is 33.2. The molecule has 0 aliphatic carbocycles. The Balaban J connectivity index is 1.83. The number of thiazole rings is 1. The number of benzene rings is 1. The van der Waals surface area contributed by atoms with Crippen LogP contribution in [0.4, 0.5) is 5.13 Å². The van der Waals surface area contributed by atoms with Crippen molar-refractivity contribution in [2.75, 3.05) is 17.7 Å². The molecule has 1 aromatic carbocycles. The van der Waals surface area contributed by atoms with Gasteiger partial charge in [0.1, 0.15) is 0 Å². The molecule has 0 bridgehead atoms. The Hall–Kier alpha value is -2.23. The number of aromatic nitrogens is 3. The van der Waals surface area contributed by atoms with Crippen molar-refractivity contribution in [3.63, 3.8) is 0 Å². The van der Waals surface area contributed by atoms with Crippen molar-refractivity contribution in [3.05, 3.63) is 46.2 Å². The van der Waals surface area contributed by atoms with E-state index in [1.165, 1.54) is 27.7 Å².